The van der Waals surface area contributed by atoms with Gasteiger partial charge in [-0.15, -0.1) is 0 Å². The second-order valence-corrected chi connectivity index (χ2v) is 10.9. The molecule has 0 spiro atoms. The van der Waals surface area contributed by atoms with Crippen molar-refractivity contribution in [2.75, 3.05) is 32.6 Å². The fraction of sp³-hybridized carbons (Fsp3) is 0.435. The van der Waals surface area contributed by atoms with Crippen molar-refractivity contribution in [2.45, 2.75) is 33.6 Å². The average Bonchev–Trinajstić information content (AvgIpc) is 3.22. The van der Waals surface area contributed by atoms with E-state index in [1.807, 2.05) is 13.8 Å². The smallest absolute Gasteiger partial charge is 0.161 e. The first-order valence-corrected chi connectivity index (χ1v) is 14.3. The molecule has 0 atom stereocenters. The van der Waals surface area contributed by atoms with Crippen molar-refractivity contribution in [2.24, 2.45) is 9.98 Å². The summed E-state index contributed by atoms with van der Waals surface area (Å²) >= 11 is 4.60. The van der Waals surface area contributed by atoms with Crippen LogP contribution in [0, 0.1) is 5.82 Å². The molecule has 2 aliphatic heterocycles. The molecule has 0 radical (unpaired) electrons. The van der Waals surface area contributed by atoms with E-state index in [2.05, 4.69) is 37.4 Å². The number of rotatable bonds is 3. The van der Waals surface area contributed by atoms with Gasteiger partial charge in [-0.3, -0.25) is 14.8 Å². The number of carbonyl (C=O) groups excluding carboxylic acids is 1. The van der Waals surface area contributed by atoms with Gasteiger partial charge >= 0.3 is 0 Å². The summed E-state index contributed by atoms with van der Waals surface area (Å²) in [5.74, 6) is 0.810. The Hall–Kier alpha value is -1.78. The summed E-state index contributed by atoms with van der Waals surface area (Å²) in [7, 11) is -0.908. The number of hydrogen-bond donors (Lipinski definition) is 0. The van der Waals surface area contributed by atoms with E-state index >= 15 is 0 Å². The molecule has 0 aliphatic carbocycles. The molecule has 2 aliphatic rings. The van der Waals surface area contributed by atoms with Gasteiger partial charge in [0.05, 0.1) is 6.54 Å². The van der Waals surface area contributed by atoms with Gasteiger partial charge in [0.2, 0.25) is 0 Å². The fourth-order valence-electron chi connectivity index (χ4n) is 2.79. The standard InChI is InChI=1S/C13H17N3OS.C6H4BrF.C2H6O2S.C2H6/c1-4-18-13(14-3)12-15-8-10(9(2)17)11-6-5-7-16(11)12;7-5-2-1-3-6(8)4-5;1-5(2,3)4;1-2/h4H,1,5-8H2,2-3H3;1-4H;1-2H3;1-2H3. The molecule has 3 rings (SSSR count). The third-order valence-electron chi connectivity index (χ3n) is 3.91. The number of amidine groups is 1. The molecule has 1 aromatic carbocycles. The molecule has 0 unspecified atom stereocenters. The third kappa shape index (κ3) is 12.3. The van der Waals surface area contributed by atoms with Crippen LogP contribution in [0.4, 0.5) is 4.39 Å². The van der Waals surface area contributed by atoms with E-state index in [0.717, 1.165) is 58.5 Å². The van der Waals surface area contributed by atoms with Crippen LogP contribution in [-0.2, 0) is 14.6 Å². The van der Waals surface area contributed by atoms with Gasteiger partial charge in [0.1, 0.15) is 20.7 Å². The molecule has 33 heavy (non-hydrogen) atoms. The predicted molar refractivity (Wildman–Crippen MR) is 143 cm³/mol. The number of hydrogen-bond acceptors (Lipinski definition) is 7. The number of carbonyl (C=O) groups is 1. The lowest BCUT2D eigenvalue weighted by Gasteiger charge is -2.28. The van der Waals surface area contributed by atoms with E-state index in [1.165, 1.54) is 23.9 Å². The lowest BCUT2D eigenvalue weighted by atomic mass is 10.1. The van der Waals surface area contributed by atoms with E-state index in [-0.39, 0.29) is 11.6 Å². The molecule has 0 N–H and O–H groups in total. The number of sulfone groups is 1. The van der Waals surface area contributed by atoms with E-state index in [0.29, 0.717) is 6.54 Å². The molecule has 2 heterocycles. The van der Waals surface area contributed by atoms with Crippen LogP contribution in [0.3, 0.4) is 0 Å². The minimum absolute atomic E-state index is 0.131. The number of allylic oxidation sites excluding steroid dienone is 1. The Balaban J connectivity index is 0.000000564. The number of benzene rings is 1. The Labute approximate surface area is 210 Å². The van der Waals surface area contributed by atoms with Gasteiger partial charge in [0.25, 0.3) is 0 Å². The fourth-order valence-corrected chi connectivity index (χ4v) is 3.71. The van der Waals surface area contributed by atoms with Gasteiger partial charge in [-0.1, -0.05) is 54.2 Å². The maximum absolute atomic E-state index is 12.1. The molecule has 1 aromatic rings. The van der Waals surface area contributed by atoms with Gasteiger partial charge in [-0.2, -0.15) is 0 Å². The largest absolute Gasteiger partial charge is 0.328 e. The Morgan fingerprint density at radius 2 is 1.94 bits per heavy atom. The van der Waals surface area contributed by atoms with Crippen molar-refractivity contribution in [1.82, 2.24) is 4.90 Å². The number of fused-ring (bicyclic) bond motifs is 1. The van der Waals surface area contributed by atoms with Crippen molar-refractivity contribution in [1.29, 1.82) is 0 Å². The highest BCUT2D eigenvalue weighted by Gasteiger charge is 2.31. The second-order valence-electron chi connectivity index (χ2n) is 6.77. The van der Waals surface area contributed by atoms with Crippen LogP contribution in [-0.4, -0.2) is 62.6 Å². The molecule has 6 nitrogen and oxygen atoms in total. The highest BCUT2D eigenvalue weighted by atomic mass is 79.9. The van der Waals surface area contributed by atoms with Gasteiger partial charge in [0, 0.05) is 41.8 Å². The summed E-state index contributed by atoms with van der Waals surface area (Å²) < 4.78 is 32.2. The monoisotopic (exact) mass is 561 g/mol. The molecule has 184 valence electrons. The summed E-state index contributed by atoms with van der Waals surface area (Å²) in [6.45, 7) is 10.7. The molecular formula is C23H33BrFN3O3S2. The molecule has 0 aromatic heterocycles. The van der Waals surface area contributed by atoms with Crippen LogP contribution in [0.15, 0.2) is 62.0 Å². The molecule has 0 saturated carbocycles. The summed E-state index contributed by atoms with van der Waals surface area (Å²) in [6, 6.07) is 6.26. The first kappa shape index (κ1) is 31.2. The van der Waals surface area contributed by atoms with Gasteiger partial charge in [-0.05, 0) is 43.4 Å². The SMILES string of the molecule is C=CSC(=NC)C1=NCC(C(C)=O)=C2CCCN12.CC.CS(C)(=O)=O.Fc1cccc(Br)c1. The molecule has 10 heteroatoms. The van der Waals surface area contributed by atoms with Crippen LogP contribution in [0.2, 0.25) is 0 Å². The van der Waals surface area contributed by atoms with Crippen LogP contribution in [0.25, 0.3) is 0 Å². The Kier molecular flexibility index (Phi) is 15.1. The Morgan fingerprint density at radius 1 is 1.33 bits per heavy atom. The lowest BCUT2D eigenvalue weighted by Crippen LogP contribution is -2.36. The van der Waals surface area contributed by atoms with E-state index in [1.54, 1.807) is 31.5 Å². The van der Waals surface area contributed by atoms with Crippen LogP contribution in [0.5, 0.6) is 0 Å². The zero-order valence-electron chi connectivity index (χ0n) is 20.1. The lowest BCUT2D eigenvalue weighted by molar-refractivity contribution is -0.113. The molecule has 1 saturated heterocycles. The van der Waals surface area contributed by atoms with Crippen molar-refractivity contribution in [3.05, 3.63) is 57.8 Å². The van der Waals surface area contributed by atoms with Crippen molar-refractivity contribution < 1.29 is 17.6 Å². The molecule has 0 amide bonds. The number of nitrogens with zero attached hydrogens (tertiary/aromatic N) is 3. The van der Waals surface area contributed by atoms with E-state index in [9.17, 15) is 17.6 Å². The van der Waals surface area contributed by atoms with E-state index in [4.69, 9.17) is 0 Å². The maximum atomic E-state index is 12.1. The van der Waals surface area contributed by atoms with Crippen molar-refractivity contribution >= 4 is 54.2 Å². The summed E-state index contributed by atoms with van der Waals surface area (Å²) in [5.41, 5.74) is 1.99. The Morgan fingerprint density at radius 3 is 2.36 bits per heavy atom. The minimum atomic E-state index is -2.67. The maximum Gasteiger partial charge on any atom is 0.161 e. The highest BCUT2D eigenvalue weighted by molar-refractivity contribution is 9.10. The van der Waals surface area contributed by atoms with Crippen molar-refractivity contribution in [3.63, 3.8) is 0 Å². The minimum Gasteiger partial charge on any atom is -0.328 e. The predicted octanol–water partition coefficient (Wildman–Crippen LogP) is 5.52. The quantitative estimate of drug-likeness (QED) is 0.358. The summed E-state index contributed by atoms with van der Waals surface area (Å²) in [5, 5.41) is 2.62. The molecule has 0 bridgehead atoms. The van der Waals surface area contributed by atoms with Gasteiger partial charge < -0.3 is 4.90 Å². The zero-order valence-corrected chi connectivity index (χ0v) is 23.3. The molecule has 1 fully saturated rings. The van der Waals surface area contributed by atoms with Gasteiger partial charge in [-0.25, -0.2) is 12.8 Å². The van der Waals surface area contributed by atoms with E-state index < -0.39 is 9.84 Å². The third-order valence-corrected chi connectivity index (χ3v) is 5.16. The van der Waals surface area contributed by atoms with Gasteiger partial charge in [0.15, 0.2) is 11.6 Å². The average molecular weight is 563 g/mol. The van der Waals surface area contributed by atoms with Crippen LogP contribution >= 0.6 is 27.7 Å². The number of Topliss-reactive ketones (excluding diaryl/α,β-unsaturated/α-hetero) is 1. The second kappa shape index (κ2) is 16.0. The highest BCUT2D eigenvalue weighted by Crippen LogP contribution is 2.30. The number of ketones is 1. The number of halogens is 2. The van der Waals surface area contributed by atoms with Crippen LogP contribution < -0.4 is 0 Å². The normalized spacial score (nSPS) is 15.0. The topological polar surface area (TPSA) is 79.2 Å². The Bertz CT molecular complexity index is 981. The molecular weight excluding hydrogens is 529 g/mol. The van der Waals surface area contributed by atoms with Crippen LogP contribution in [0.1, 0.15) is 33.6 Å². The number of thioether (sulfide) groups is 1. The number of aliphatic imine (C=N–C) groups is 2. The van der Waals surface area contributed by atoms with Crippen molar-refractivity contribution in [3.8, 4) is 0 Å². The summed E-state index contributed by atoms with van der Waals surface area (Å²) in [4.78, 5) is 22.5. The zero-order chi connectivity index (χ0) is 25.6. The summed E-state index contributed by atoms with van der Waals surface area (Å²) in [6.07, 6.45) is 4.35. The first-order chi connectivity index (χ1) is 15.5. The first-order valence-electron chi connectivity index (χ1n) is 10.3.